The minimum Gasteiger partial charge on any atom is -0.253 e. The van der Waals surface area contributed by atoms with Crippen LogP contribution >= 0.6 is 0 Å². The van der Waals surface area contributed by atoms with Gasteiger partial charge in [-0.05, 0) is 71.3 Å². The Hall–Kier alpha value is -5.41. The summed E-state index contributed by atoms with van der Waals surface area (Å²) in [5, 5.41) is 2.43. The van der Waals surface area contributed by atoms with E-state index in [0.717, 1.165) is 56.2 Å². The van der Waals surface area contributed by atoms with E-state index < -0.39 is 0 Å². The van der Waals surface area contributed by atoms with Crippen molar-refractivity contribution in [1.82, 2.24) is 15.0 Å². The highest BCUT2D eigenvalue weighted by molar-refractivity contribution is 5.89. The Morgan fingerprint density at radius 2 is 0.951 bits per heavy atom. The molecule has 3 heteroatoms. The zero-order valence-corrected chi connectivity index (χ0v) is 22.7. The Labute approximate surface area is 239 Å². The third kappa shape index (κ3) is 5.13. The van der Waals surface area contributed by atoms with Gasteiger partial charge in [0.2, 0.25) is 0 Å². The molecule has 0 atom stereocenters. The van der Waals surface area contributed by atoms with Gasteiger partial charge < -0.3 is 0 Å². The van der Waals surface area contributed by atoms with Gasteiger partial charge in [-0.25, -0.2) is 9.97 Å². The fourth-order valence-corrected chi connectivity index (χ4v) is 5.23. The summed E-state index contributed by atoms with van der Waals surface area (Å²) in [5.74, 6) is 0.682. The standard InChI is InChI=1S/C38H27N3/c1-26-11-10-18-35(39-26)33-22-32(31-20-19-27-12-8-9-17-30(27)21-31)23-34(24-33)38-40-36(28-13-4-2-5-14-28)25-37(41-38)29-15-6-3-7-16-29/h2-25H,1H3. The molecular weight excluding hydrogens is 498 g/mol. The van der Waals surface area contributed by atoms with E-state index in [0.29, 0.717) is 5.82 Å². The van der Waals surface area contributed by atoms with Gasteiger partial charge in [-0.1, -0.05) is 103 Å². The molecule has 2 aromatic heterocycles. The van der Waals surface area contributed by atoms with Crippen molar-refractivity contribution in [1.29, 1.82) is 0 Å². The van der Waals surface area contributed by atoms with Crippen molar-refractivity contribution in [3.8, 4) is 56.3 Å². The van der Waals surface area contributed by atoms with Gasteiger partial charge in [0.1, 0.15) is 0 Å². The molecule has 194 valence electrons. The van der Waals surface area contributed by atoms with Crippen molar-refractivity contribution in [3.05, 3.63) is 151 Å². The number of aryl methyl sites for hydroxylation is 1. The highest BCUT2D eigenvalue weighted by Crippen LogP contribution is 2.34. The van der Waals surface area contributed by atoms with E-state index in [4.69, 9.17) is 15.0 Å². The number of rotatable bonds is 5. The predicted molar refractivity (Wildman–Crippen MR) is 169 cm³/mol. The largest absolute Gasteiger partial charge is 0.253 e. The highest BCUT2D eigenvalue weighted by atomic mass is 14.9. The van der Waals surface area contributed by atoms with Gasteiger partial charge in [0, 0.05) is 27.9 Å². The molecule has 7 rings (SSSR count). The smallest absolute Gasteiger partial charge is 0.160 e. The summed E-state index contributed by atoms with van der Waals surface area (Å²) < 4.78 is 0. The first-order valence-electron chi connectivity index (χ1n) is 13.8. The van der Waals surface area contributed by atoms with Gasteiger partial charge in [-0.3, -0.25) is 4.98 Å². The van der Waals surface area contributed by atoms with Crippen LogP contribution in [-0.4, -0.2) is 15.0 Å². The minimum absolute atomic E-state index is 0.682. The molecule has 0 aliphatic rings. The molecule has 0 spiro atoms. The van der Waals surface area contributed by atoms with Crippen LogP contribution in [0.4, 0.5) is 0 Å². The van der Waals surface area contributed by atoms with Gasteiger partial charge in [-0.15, -0.1) is 0 Å². The van der Waals surface area contributed by atoms with Crippen LogP contribution in [0.3, 0.4) is 0 Å². The fourth-order valence-electron chi connectivity index (χ4n) is 5.23. The molecule has 0 radical (unpaired) electrons. The topological polar surface area (TPSA) is 38.7 Å². The predicted octanol–water partition coefficient (Wildman–Crippen LogP) is 9.67. The molecule has 0 aliphatic heterocycles. The fraction of sp³-hybridized carbons (Fsp3) is 0.0263. The Balaban J connectivity index is 1.46. The number of nitrogens with zero attached hydrogens (tertiary/aromatic N) is 3. The Kier molecular flexibility index (Phi) is 6.38. The average molecular weight is 526 g/mol. The van der Waals surface area contributed by atoms with Crippen molar-refractivity contribution >= 4 is 10.8 Å². The van der Waals surface area contributed by atoms with Crippen LogP contribution in [0.1, 0.15) is 5.69 Å². The molecule has 0 saturated heterocycles. The minimum atomic E-state index is 0.682. The third-order valence-electron chi connectivity index (χ3n) is 7.32. The summed E-state index contributed by atoms with van der Waals surface area (Å²) in [5.41, 5.74) is 10.0. The van der Waals surface area contributed by atoms with Crippen LogP contribution in [0.5, 0.6) is 0 Å². The second-order valence-corrected chi connectivity index (χ2v) is 10.2. The first-order valence-corrected chi connectivity index (χ1v) is 13.8. The van der Waals surface area contributed by atoms with E-state index in [1.54, 1.807) is 0 Å². The third-order valence-corrected chi connectivity index (χ3v) is 7.32. The summed E-state index contributed by atoms with van der Waals surface area (Å²) >= 11 is 0. The van der Waals surface area contributed by atoms with E-state index >= 15 is 0 Å². The lowest BCUT2D eigenvalue weighted by Crippen LogP contribution is -1.97. The first kappa shape index (κ1) is 24.6. The monoisotopic (exact) mass is 525 g/mol. The molecule has 0 bridgehead atoms. The van der Waals surface area contributed by atoms with Crippen LogP contribution in [0.2, 0.25) is 0 Å². The van der Waals surface area contributed by atoms with Crippen LogP contribution in [0, 0.1) is 6.92 Å². The molecule has 0 unspecified atom stereocenters. The number of pyridine rings is 1. The molecule has 5 aromatic carbocycles. The van der Waals surface area contributed by atoms with Crippen molar-refractivity contribution in [2.24, 2.45) is 0 Å². The van der Waals surface area contributed by atoms with Crippen LogP contribution in [-0.2, 0) is 0 Å². The SMILES string of the molecule is Cc1cccc(-c2cc(-c3ccc4ccccc4c3)cc(-c3nc(-c4ccccc4)cc(-c4ccccc4)n3)c2)n1. The van der Waals surface area contributed by atoms with Crippen molar-refractivity contribution in [3.63, 3.8) is 0 Å². The van der Waals surface area contributed by atoms with Crippen molar-refractivity contribution < 1.29 is 0 Å². The zero-order chi connectivity index (χ0) is 27.6. The maximum atomic E-state index is 5.10. The summed E-state index contributed by atoms with van der Waals surface area (Å²) in [6.45, 7) is 2.02. The molecule has 7 aromatic rings. The normalized spacial score (nSPS) is 11.0. The Morgan fingerprint density at radius 1 is 0.341 bits per heavy atom. The van der Waals surface area contributed by atoms with Crippen molar-refractivity contribution in [2.45, 2.75) is 6.92 Å². The van der Waals surface area contributed by atoms with E-state index in [-0.39, 0.29) is 0 Å². The maximum absolute atomic E-state index is 5.10. The van der Waals surface area contributed by atoms with Gasteiger partial charge in [0.05, 0.1) is 17.1 Å². The Bertz CT molecular complexity index is 1940. The molecule has 41 heavy (non-hydrogen) atoms. The zero-order valence-electron chi connectivity index (χ0n) is 22.7. The summed E-state index contributed by atoms with van der Waals surface area (Å²) in [6.07, 6.45) is 0. The lowest BCUT2D eigenvalue weighted by molar-refractivity contribution is 1.18. The number of fused-ring (bicyclic) bond motifs is 1. The van der Waals surface area contributed by atoms with Gasteiger partial charge in [-0.2, -0.15) is 0 Å². The summed E-state index contributed by atoms with van der Waals surface area (Å²) in [6, 6.07) is 50.5. The molecular formula is C38H27N3. The van der Waals surface area contributed by atoms with Gasteiger partial charge >= 0.3 is 0 Å². The first-order chi connectivity index (χ1) is 20.2. The van der Waals surface area contributed by atoms with Gasteiger partial charge in [0.15, 0.2) is 5.82 Å². The summed E-state index contributed by atoms with van der Waals surface area (Å²) in [7, 11) is 0. The van der Waals surface area contributed by atoms with E-state index in [9.17, 15) is 0 Å². The molecule has 2 heterocycles. The van der Waals surface area contributed by atoms with Gasteiger partial charge in [0.25, 0.3) is 0 Å². The second-order valence-electron chi connectivity index (χ2n) is 10.2. The quantitative estimate of drug-likeness (QED) is 0.224. The molecule has 3 nitrogen and oxygen atoms in total. The lowest BCUT2D eigenvalue weighted by Gasteiger charge is -2.13. The molecule has 0 amide bonds. The Morgan fingerprint density at radius 3 is 1.63 bits per heavy atom. The van der Waals surface area contributed by atoms with E-state index in [1.165, 1.54) is 10.8 Å². The van der Waals surface area contributed by atoms with E-state index in [1.807, 2.05) is 49.4 Å². The number of aromatic nitrogens is 3. The lowest BCUT2D eigenvalue weighted by atomic mass is 9.95. The molecule has 0 aliphatic carbocycles. The van der Waals surface area contributed by atoms with Crippen molar-refractivity contribution in [2.75, 3.05) is 0 Å². The molecule has 0 fully saturated rings. The maximum Gasteiger partial charge on any atom is 0.160 e. The van der Waals surface area contributed by atoms with E-state index in [2.05, 4.69) is 103 Å². The summed E-state index contributed by atoms with van der Waals surface area (Å²) in [4.78, 5) is 15.1. The number of benzene rings is 5. The van der Waals surface area contributed by atoms with Crippen LogP contribution < -0.4 is 0 Å². The molecule has 0 N–H and O–H groups in total. The van der Waals surface area contributed by atoms with Crippen LogP contribution in [0.25, 0.3) is 67.1 Å². The number of hydrogen-bond donors (Lipinski definition) is 0. The number of hydrogen-bond acceptors (Lipinski definition) is 3. The second kappa shape index (κ2) is 10.6. The average Bonchev–Trinajstić information content (AvgIpc) is 3.05. The van der Waals surface area contributed by atoms with Crippen LogP contribution in [0.15, 0.2) is 146 Å². The highest BCUT2D eigenvalue weighted by Gasteiger charge is 2.14. The molecule has 0 saturated carbocycles.